The number of pyridine rings is 1. The van der Waals surface area contributed by atoms with Gasteiger partial charge in [0.25, 0.3) is 6.43 Å². The molecule has 0 saturated carbocycles. The lowest BCUT2D eigenvalue weighted by Gasteiger charge is -2.02. The summed E-state index contributed by atoms with van der Waals surface area (Å²) in [6.45, 7) is 0. The van der Waals surface area contributed by atoms with E-state index in [0.717, 1.165) is 6.07 Å². The van der Waals surface area contributed by atoms with Gasteiger partial charge in [-0.1, -0.05) is 11.6 Å². The first-order valence-corrected chi connectivity index (χ1v) is 3.51. The molecular formula is C7H6ClF2NO. The standard InChI is InChI=1S/C7H6ClF2NO/c1-12-6-3-4(8)2-5(11-6)7(9)10/h2-3,7H,1H3. The lowest BCUT2D eigenvalue weighted by atomic mass is 10.3. The monoisotopic (exact) mass is 193 g/mol. The highest BCUT2D eigenvalue weighted by molar-refractivity contribution is 6.30. The zero-order chi connectivity index (χ0) is 9.14. The molecular weight excluding hydrogens is 188 g/mol. The summed E-state index contributed by atoms with van der Waals surface area (Å²) in [6, 6.07) is 2.47. The molecule has 0 atom stereocenters. The van der Waals surface area contributed by atoms with Gasteiger partial charge >= 0.3 is 0 Å². The minimum absolute atomic E-state index is 0.0952. The van der Waals surface area contributed by atoms with Crippen LogP contribution < -0.4 is 4.74 Å². The van der Waals surface area contributed by atoms with E-state index in [-0.39, 0.29) is 16.6 Å². The van der Waals surface area contributed by atoms with E-state index < -0.39 is 6.43 Å². The second kappa shape index (κ2) is 3.67. The molecule has 0 aliphatic heterocycles. The first-order valence-electron chi connectivity index (χ1n) is 3.13. The van der Waals surface area contributed by atoms with E-state index >= 15 is 0 Å². The van der Waals surface area contributed by atoms with Crippen LogP contribution in [0, 0.1) is 0 Å². The second-order valence-electron chi connectivity index (χ2n) is 2.05. The number of nitrogens with zero attached hydrogens (tertiary/aromatic N) is 1. The fourth-order valence-electron chi connectivity index (χ4n) is 0.709. The Kier molecular flexibility index (Phi) is 2.81. The topological polar surface area (TPSA) is 22.1 Å². The number of alkyl halides is 2. The summed E-state index contributed by atoms with van der Waals surface area (Å²) in [6.07, 6.45) is -2.63. The van der Waals surface area contributed by atoms with Gasteiger partial charge in [0.1, 0.15) is 5.69 Å². The maximum atomic E-state index is 12.1. The maximum Gasteiger partial charge on any atom is 0.280 e. The first kappa shape index (κ1) is 9.19. The third-order valence-corrected chi connectivity index (χ3v) is 1.44. The van der Waals surface area contributed by atoms with Crippen LogP contribution in [0.1, 0.15) is 12.1 Å². The average molecular weight is 194 g/mol. The Balaban J connectivity index is 3.06. The summed E-state index contributed by atoms with van der Waals surface area (Å²) >= 11 is 5.52. The van der Waals surface area contributed by atoms with E-state index in [0.29, 0.717) is 0 Å². The number of hydrogen-bond donors (Lipinski definition) is 0. The molecule has 0 amide bonds. The molecule has 0 fully saturated rings. The molecule has 0 bridgehead atoms. The molecule has 66 valence electrons. The van der Waals surface area contributed by atoms with Crippen molar-refractivity contribution in [3.63, 3.8) is 0 Å². The van der Waals surface area contributed by atoms with E-state index in [4.69, 9.17) is 11.6 Å². The van der Waals surface area contributed by atoms with Crippen molar-refractivity contribution in [1.29, 1.82) is 0 Å². The molecule has 0 unspecified atom stereocenters. The van der Waals surface area contributed by atoms with Crippen molar-refractivity contribution in [2.75, 3.05) is 7.11 Å². The summed E-state index contributed by atoms with van der Waals surface area (Å²) in [5.74, 6) is 0.0952. The minimum atomic E-state index is -2.63. The Labute approximate surface area is 73.1 Å². The van der Waals surface area contributed by atoms with Gasteiger partial charge in [0.2, 0.25) is 5.88 Å². The van der Waals surface area contributed by atoms with Crippen molar-refractivity contribution in [2.24, 2.45) is 0 Å². The van der Waals surface area contributed by atoms with Crippen LogP contribution in [0.3, 0.4) is 0 Å². The summed E-state index contributed by atoms with van der Waals surface area (Å²) < 4.78 is 28.8. The van der Waals surface area contributed by atoms with Crippen LogP contribution in [0.25, 0.3) is 0 Å². The SMILES string of the molecule is COc1cc(Cl)cc(C(F)F)n1. The maximum absolute atomic E-state index is 12.1. The highest BCUT2D eigenvalue weighted by Gasteiger charge is 2.10. The van der Waals surface area contributed by atoms with E-state index in [1.54, 1.807) is 0 Å². The largest absolute Gasteiger partial charge is 0.481 e. The molecule has 2 nitrogen and oxygen atoms in total. The normalized spacial score (nSPS) is 10.4. The predicted octanol–water partition coefficient (Wildman–Crippen LogP) is 2.68. The molecule has 12 heavy (non-hydrogen) atoms. The first-order chi connectivity index (χ1) is 5.63. The van der Waals surface area contributed by atoms with Gasteiger partial charge in [-0.15, -0.1) is 0 Å². The number of halogens is 3. The quantitative estimate of drug-likeness (QED) is 0.721. The number of ether oxygens (including phenoxy) is 1. The molecule has 1 heterocycles. The van der Waals surface area contributed by atoms with E-state index in [9.17, 15) is 8.78 Å². The van der Waals surface area contributed by atoms with Crippen molar-refractivity contribution >= 4 is 11.6 Å². The number of rotatable bonds is 2. The molecule has 0 saturated heterocycles. The van der Waals surface area contributed by atoms with Crippen molar-refractivity contribution < 1.29 is 13.5 Å². The lowest BCUT2D eigenvalue weighted by Crippen LogP contribution is -1.93. The third kappa shape index (κ3) is 2.04. The van der Waals surface area contributed by atoms with Gasteiger partial charge in [0, 0.05) is 11.1 Å². The van der Waals surface area contributed by atoms with E-state index in [2.05, 4.69) is 9.72 Å². The van der Waals surface area contributed by atoms with Gasteiger partial charge in [-0.3, -0.25) is 0 Å². The van der Waals surface area contributed by atoms with Crippen LogP contribution >= 0.6 is 11.6 Å². The average Bonchev–Trinajstić information content (AvgIpc) is 2.03. The van der Waals surface area contributed by atoms with Crippen molar-refractivity contribution in [3.8, 4) is 5.88 Å². The van der Waals surface area contributed by atoms with E-state index in [1.807, 2.05) is 0 Å². The molecule has 0 aliphatic carbocycles. The number of hydrogen-bond acceptors (Lipinski definition) is 2. The Morgan fingerprint density at radius 3 is 2.67 bits per heavy atom. The molecule has 1 rings (SSSR count). The molecule has 0 N–H and O–H groups in total. The number of methoxy groups -OCH3 is 1. The van der Waals surface area contributed by atoms with Crippen LogP contribution in [-0.2, 0) is 0 Å². The molecule has 0 aliphatic rings. The molecule has 1 aromatic heterocycles. The van der Waals surface area contributed by atoms with Crippen molar-refractivity contribution in [1.82, 2.24) is 4.98 Å². The van der Waals surface area contributed by atoms with Gasteiger partial charge in [-0.2, -0.15) is 0 Å². The van der Waals surface area contributed by atoms with Gasteiger partial charge < -0.3 is 4.74 Å². The van der Waals surface area contributed by atoms with Crippen LogP contribution in [0.15, 0.2) is 12.1 Å². The van der Waals surface area contributed by atoms with Crippen LogP contribution in [0.5, 0.6) is 5.88 Å². The molecule has 0 spiro atoms. The second-order valence-corrected chi connectivity index (χ2v) is 2.49. The zero-order valence-electron chi connectivity index (χ0n) is 6.22. The Morgan fingerprint density at radius 1 is 1.50 bits per heavy atom. The van der Waals surface area contributed by atoms with Crippen LogP contribution in [0.4, 0.5) is 8.78 Å². The highest BCUT2D eigenvalue weighted by Crippen LogP contribution is 2.23. The summed E-state index contributed by atoms with van der Waals surface area (Å²) in [4.78, 5) is 3.49. The van der Waals surface area contributed by atoms with E-state index in [1.165, 1.54) is 13.2 Å². The smallest absolute Gasteiger partial charge is 0.280 e. The van der Waals surface area contributed by atoms with Gasteiger partial charge in [-0.25, -0.2) is 13.8 Å². The fourth-order valence-corrected chi connectivity index (χ4v) is 0.914. The zero-order valence-corrected chi connectivity index (χ0v) is 6.98. The lowest BCUT2D eigenvalue weighted by molar-refractivity contribution is 0.145. The Morgan fingerprint density at radius 2 is 2.17 bits per heavy atom. The highest BCUT2D eigenvalue weighted by atomic mass is 35.5. The fraction of sp³-hybridized carbons (Fsp3) is 0.286. The molecule has 1 aromatic rings. The van der Waals surface area contributed by atoms with Crippen molar-refractivity contribution in [3.05, 3.63) is 22.8 Å². The Hall–Kier alpha value is -0.900. The van der Waals surface area contributed by atoms with Crippen molar-refractivity contribution in [2.45, 2.75) is 6.43 Å². The van der Waals surface area contributed by atoms with Gasteiger partial charge in [0.05, 0.1) is 7.11 Å². The molecule has 0 aromatic carbocycles. The van der Waals surface area contributed by atoms with Gasteiger partial charge in [0.15, 0.2) is 0 Å². The number of aromatic nitrogens is 1. The minimum Gasteiger partial charge on any atom is -0.481 e. The van der Waals surface area contributed by atoms with Crippen LogP contribution in [-0.4, -0.2) is 12.1 Å². The van der Waals surface area contributed by atoms with Gasteiger partial charge in [-0.05, 0) is 6.07 Å². The summed E-state index contributed by atoms with van der Waals surface area (Å²) in [5, 5.41) is 0.192. The predicted molar refractivity (Wildman–Crippen MR) is 40.8 cm³/mol. The summed E-state index contributed by atoms with van der Waals surface area (Å²) in [7, 11) is 1.34. The molecule has 0 radical (unpaired) electrons. The Bertz CT molecular complexity index is 280. The third-order valence-electron chi connectivity index (χ3n) is 1.22. The molecule has 5 heteroatoms. The van der Waals surface area contributed by atoms with Crippen LogP contribution in [0.2, 0.25) is 5.02 Å². The summed E-state index contributed by atoms with van der Waals surface area (Å²) in [5.41, 5.74) is -0.376.